The van der Waals surface area contributed by atoms with Gasteiger partial charge in [-0.05, 0) is 25.0 Å². The SMILES string of the molecule is NC(=NC1CC(O)C1)Nc1ccccc1. The lowest BCUT2D eigenvalue weighted by molar-refractivity contribution is 0.0778. The highest BCUT2D eigenvalue weighted by Gasteiger charge is 2.26. The average molecular weight is 205 g/mol. The Hall–Kier alpha value is -1.55. The van der Waals surface area contributed by atoms with Crippen LogP contribution in [0.15, 0.2) is 35.3 Å². The van der Waals surface area contributed by atoms with Crippen LogP contribution in [0.2, 0.25) is 0 Å². The molecule has 0 saturated heterocycles. The summed E-state index contributed by atoms with van der Waals surface area (Å²) in [5.74, 6) is 0.415. The zero-order chi connectivity index (χ0) is 10.7. The number of nitrogens with one attached hydrogen (secondary N) is 1. The van der Waals surface area contributed by atoms with Crippen LogP contribution in [0.4, 0.5) is 5.69 Å². The molecule has 1 saturated carbocycles. The maximum Gasteiger partial charge on any atom is 0.193 e. The van der Waals surface area contributed by atoms with Crippen molar-refractivity contribution in [1.82, 2.24) is 0 Å². The Balaban J connectivity index is 1.89. The van der Waals surface area contributed by atoms with Crippen molar-refractivity contribution in [2.45, 2.75) is 25.0 Å². The summed E-state index contributed by atoms with van der Waals surface area (Å²) < 4.78 is 0. The summed E-state index contributed by atoms with van der Waals surface area (Å²) >= 11 is 0. The minimum atomic E-state index is -0.191. The molecule has 0 atom stereocenters. The van der Waals surface area contributed by atoms with Gasteiger partial charge in [-0.15, -0.1) is 0 Å². The van der Waals surface area contributed by atoms with Crippen molar-refractivity contribution in [3.05, 3.63) is 30.3 Å². The quantitative estimate of drug-likeness (QED) is 0.497. The molecule has 4 heteroatoms. The summed E-state index contributed by atoms with van der Waals surface area (Å²) in [6, 6.07) is 9.85. The molecule has 1 aliphatic rings. The summed E-state index contributed by atoms with van der Waals surface area (Å²) in [5.41, 5.74) is 6.65. The second-order valence-corrected chi connectivity index (χ2v) is 3.78. The van der Waals surface area contributed by atoms with E-state index in [1.165, 1.54) is 0 Å². The van der Waals surface area contributed by atoms with Gasteiger partial charge in [-0.2, -0.15) is 0 Å². The van der Waals surface area contributed by atoms with E-state index in [1.807, 2.05) is 30.3 Å². The van der Waals surface area contributed by atoms with E-state index in [-0.39, 0.29) is 12.1 Å². The zero-order valence-corrected chi connectivity index (χ0v) is 8.43. The van der Waals surface area contributed by atoms with E-state index >= 15 is 0 Å². The van der Waals surface area contributed by atoms with Crippen molar-refractivity contribution >= 4 is 11.6 Å². The Labute approximate surface area is 88.8 Å². The molecule has 15 heavy (non-hydrogen) atoms. The van der Waals surface area contributed by atoms with E-state index in [0.29, 0.717) is 5.96 Å². The molecule has 0 unspecified atom stereocenters. The number of anilines is 1. The molecule has 0 amide bonds. The molecule has 80 valence electrons. The van der Waals surface area contributed by atoms with Crippen LogP contribution in [0, 0.1) is 0 Å². The van der Waals surface area contributed by atoms with E-state index in [4.69, 9.17) is 10.8 Å². The van der Waals surface area contributed by atoms with E-state index in [9.17, 15) is 0 Å². The third-order valence-corrected chi connectivity index (χ3v) is 2.46. The lowest BCUT2D eigenvalue weighted by atomic mass is 9.90. The number of aliphatic hydroxyl groups is 1. The van der Waals surface area contributed by atoms with E-state index in [1.54, 1.807) is 0 Å². The van der Waals surface area contributed by atoms with Gasteiger partial charge >= 0.3 is 0 Å². The van der Waals surface area contributed by atoms with Crippen molar-refractivity contribution in [3.8, 4) is 0 Å². The van der Waals surface area contributed by atoms with Crippen LogP contribution in [-0.4, -0.2) is 23.2 Å². The maximum absolute atomic E-state index is 9.09. The molecule has 0 heterocycles. The fraction of sp³-hybridized carbons (Fsp3) is 0.364. The maximum atomic E-state index is 9.09. The highest BCUT2D eigenvalue weighted by molar-refractivity contribution is 5.92. The van der Waals surface area contributed by atoms with Crippen LogP contribution < -0.4 is 11.1 Å². The number of benzene rings is 1. The summed E-state index contributed by atoms with van der Waals surface area (Å²) in [5, 5.41) is 12.1. The predicted molar refractivity (Wildman–Crippen MR) is 60.7 cm³/mol. The highest BCUT2D eigenvalue weighted by atomic mass is 16.3. The van der Waals surface area contributed by atoms with Gasteiger partial charge in [0.15, 0.2) is 5.96 Å². The van der Waals surface area contributed by atoms with Gasteiger partial charge in [-0.3, -0.25) is 0 Å². The first-order valence-electron chi connectivity index (χ1n) is 5.07. The first-order valence-corrected chi connectivity index (χ1v) is 5.07. The van der Waals surface area contributed by atoms with E-state index in [2.05, 4.69) is 10.3 Å². The molecule has 0 bridgehead atoms. The Kier molecular flexibility index (Phi) is 2.87. The third kappa shape index (κ3) is 2.70. The first kappa shape index (κ1) is 9.98. The Morgan fingerprint density at radius 2 is 2.00 bits per heavy atom. The minimum Gasteiger partial charge on any atom is -0.393 e. The lowest BCUT2D eigenvalue weighted by Crippen LogP contribution is -2.35. The second kappa shape index (κ2) is 4.31. The van der Waals surface area contributed by atoms with Crippen LogP contribution in [0.5, 0.6) is 0 Å². The molecule has 0 aromatic heterocycles. The Morgan fingerprint density at radius 3 is 2.60 bits per heavy atom. The van der Waals surface area contributed by atoms with Crippen molar-refractivity contribution < 1.29 is 5.11 Å². The summed E-state index contributed by atoms with van der Waals surface area (Å²) in [6.07, 6.45) is 1.25. The highest BCUT2D eigenvalue weighted by Crippen LogP contribution is 2.22. The van der Waals surface area contributed by atoms with Gasteiger partial charge in [0.25, 0.3) is 0 Å². The first-order chi connectivity index (χ1) is 7.24. The molecule has 1 aromatic carbocycles. The number of aliphatic imine (C=N–C) groups is 1. The van der Waals surface area contributed by atoms with Crippen molar-refractivity contribution in [1.29, 1.82) is 0 Å². The number of nitrogens with two attached hydrogens (primary N) is 1. The van der Waals surface area contributed by atoms with Gasteiger partial charge in [0.1, 0.15) is 0 Å². The van der Waals surface area contributed by atoms with Gasteiger partial charge in [-0.1, -0.05) is 18.2 Å². The molecule has 1 aliphatic carbocycles. The number of hydrogen-bond acceptors (Lipinski definition) is 2. The van der Waals surface area contributed by atoms with E-state index < -0.39 is 0 Å². The topological polar surface area (TPSA) is 70.6 Å². The molecule has 0 aliphatic heterocycles. The van der Waals surface area contributed by atoms with Gasteiger partial charge < -0.3 is 16.2 Å². The van der Waals surface area contributed by atoms with Crippen LogP contribution in [0.3, 0.4) is 0 Å². The number of hydrogen-bond donors (Lipinski definition) is 3. The average Bonchev–Trinajstić information content (AvgIpc) is 2.17. The van der Waals surface area contributed by atoms with Crippen molar-refractivity contribution in [2.75, 3.05) is 5.32 Å². The fourth-order valence-corrected chi connectivity index (χ4v) is 1.56. The standard InChI is InChI=1S/C11H15N3O/c12-11(14-9-6-10(15)7-9)13-8-4-2-1-3-5-8/h1-5,9-10,15H,6-7H2,(H3,12,13,14). The van der Waals surface area contributed by atoms with Crippen LogP contribution in [-0.2, 0) is 0 Å². The smallest absolute Gasteiger partial charge is 0.193 e. The second-order valence-electron chi connectivity index (χ2n) is 3.78. The largest absolute Gasteiger partial charge is 0.393 e. The van der Waals surface area contributed by atoms with Crippen molar-refractivity contribution in [3.63, 3.8) is 0 Å². The number of aliphatic hydroxyl groups excluding tert-OH is 1. The number of guanidine groups is 1. The third-order valence-electron chi connectivity index (χ3n) is 2.46. The monoisotopic (exact) mass is 205 g/mol. The normalized spacial score (nSPS) is 25.8. The van der Waals surface area contributed by atoms with Gasteiger partial charge in [0, 0.05) is 5.69 Å². The molecule has 0 radical (unpaired) electrons. The molecule has 4 nitrogen and oxygen atoms in total. The minimum absolute atomic E-state index is 0.177. The van der Waals surface area contributed by atoms with Crippen molar-refractivity contribution in [2.24, 2.45) is 10.7 Å². The van der Waals surface area contributed by atoms with Gasteiger partial charge in [0.2, 0.25) is 0 Å². The summed E-state index contributed by atoms with van der Waals surface area (Å²) in [7, 11) is 0. The molecular weight excluding hydrogens is 190 g/mol. The molecular formula is C11H15N3O. The molecule has 1 aromatic rings. The molecule has 0 spiro atoms. The Bertz CT molecular complexity index is 344. The molecule has 4 N–H and O–H groups in total. The molecule has 2 rings (SSSR count). The Morgan fingerprint density at radius 1 is 1.33 bits per heavy atom. The van der Waals surface area contributed by atoms with Crippen LogP contribution in [0.25, 0.3) is 0 Å². The summed E-state index contributed by atoms with van der Waals surface area (Å²) in [4.78, 5) is 4.25. The van der Waals surface area contributed by atoms with Crippen LogP contribution in [0.1, 0.15) is 12.8 Å². The van der Waals surface area contributed by atoms with E-state index in [0.717, 1.165) is 18.5 Å². The number of rotatable bonds is 2. The van der Waals surface area contributed by atoms with Gasteiger partial charge in [-0.25, -0.2) is 4.99 Å². The fourth-order valence-electron chi connectivity index (χ4n) is 1.56. The number of para-hydroxylation sites is 1. The summed E-state index contributed by atoms with van der Waals surface area (Å²) in [6.45, 7) is 0. The lowest BCUT2D eigenvalue weighted by Gasteiger charge is -2.28. The van der Waals surface area contributed by atoms with Crippen LogP contribution >= 0.6 is 0 Å². The predicted octanol–water partition coefficient (Wildman–Crippen LogP) is 0.936. The molecule has 1 fully saturated rings. The van der Waals surface area contributed by atoms with Gasteiger partial charge in [0.05, 0.1) is 12.1 Å². The number of nitrogens with zero attached hydrogens (tertiary/aromatic N) is 1. The zero-order valence-electron chi connectivity index (χ0n) is 8.43.